The second-order valence-corrected chi connectivity index (χ2v) is 12.9. The minimum Gasteiger partial charge on any atom is -0.494 e. The largest absolute Gasteiger partial charge is 0.494 e. The standard InChI is InChI=1S/C31H41F2N5O3S/c1-3-16-38-28-18-24(41-17-10-8-6-4-5-7-9-11-29(32)33)14-15-26(28)27(19-34)30(38)31-35-20-25(21-36-31)42(39,40)37-22(2)23-12-13-23/h14-15,18,20-23,29,37H,3-13,16-17H2,1-2H3/t22-/m0/s1. The Kier molecular flexibility index (Phi) is 11.3. The van der Waals surface area contributed by atoms with Gasteiger partial charge in [-0.15, -0.1) is 0 Å². The fourth-order valence-corrected chi connectivity index (χ4v) is 6.48. The van der Waals surface area contributed by atoms with Gasteiger partial charge >= 0.3 is 0 Å². The molecule has 1 atom stereocenters. The van der Waals surface area contributed by atoms with Crippen molar-refractivity contribution in [3.8, 4) is 23.3 Å². The Morgan fingerprint density at radius 3 is 2.38 bits per heavy atom. The van der Waals surface area contributed by atoms with Gasteiger partial charge in [-0.2, -0.15) is 5.26 Å². The predicted octanol–water partition coefficient (Wildman–Crippen LogP) is 7.22. The van der Waals surface area contributed by atoms with E-state index in [1.807, 2.05) is 36.6 Å². The number of nitrogens with zero attached hydrogens (tertiary/aromatic N) is 4. The molecule has 0 radical (unpaired) electrons. The van der Waals surface area contributed by atoms with E-state index in [1.54, 1.807) is 0 Å². The number of aromatic nitrogens is 3. The number of halogens is 2. The van der Waals surface area contributed by atoms with Crippen LogP contribution in [-0.2, 0) is 16.6 Å². The molecule has 1 aromatic carbocycles. The van der Waals surface area contributed by atoms with Crippen LogP contribution in [0.5, 0.6) is 5.75 Å². The Hall–Kier alpha value is -3.10. The molecule has 4 rings (SSSR count). The highest BCUT2D eigenvalue weighted by molar-refractivity contribution is 7.89. The molecule has 228 valence electrons. The molecular formula is C31H41F2N5O3S. The molecule has 0 unspecified atom stereocenters. The van der Waals surface area contributed by atoms with Gasteiger partial charge in [0.25, 0.3) is 0 Å². The summed E-state index contributed by atoms with van der Waals surface area (Å²) in [4.78, 5) is 8.79. The Balaban J connectivity index is 1.43. The van der Waals surface area contributed by atoms with Gasteiger partial charge in [-0.3, -0.25) is 0 Å². The van der Waals surface area contributed by atoms with E-state index < -0.39 is 16.4 Å². The first-order chi connectivity index (χ1) is 20.2. The summed E-state index contributed by atoms with van der Waals surface area (Å²) >= 11 is 0. The minimum absolute atomic E-state index is 0.00175. The number of ether oxygens (including phenoxy) is 1. The lowest BCUT2D eigenvalue weighted by Gasteiger charge is -2.13. The van der Waals surface area contributed by atoms with Gasteiger partial charge in [0.1, 0.15) is 22.4 Å². The second kappa shape index (κ2) is 14.9. The Bertz CT molecular complexity index is 1460. The van der Waals surface area contributed by atoms with Gasteiger partial charge < -0.3 is 9.30 Å². The molecule has 0 saturated heterocycles. The first kappa shape index (κ1) is 31.8. The van der Waals surface area contributed by atoms with Crippen molar-refractivity contribution in [1.82, 2.24) is 19.3 Å². The van der Waals surface area contributed by atoms with Crippen LogP contribution in [0.4, 0.5) is 8.78 Å². The maximum atomic E-state index is 12.8. The third-order valence-electron chi connectivity index (χ3n) is 7.75. The zero-order valence-corrected chi connectivity index (χ0v) is 25.3. The Labute approximate surface area is 247 Å². The van der Waals surface area contributed by atoms with E-state index in [9.17, 15) is 22.5 Å². The molecular weight excluding hydrogens is 560 g/mol. The number of alkyl halides is 2. The molecule has 0 spiro atoms. The first-order valence-corrected chi connectivity index (χ1v) is 16.6. The van der Waals surface area contributed by atoms with E-state index in [0.29, 0.717) is 48.3 Å². The SMILES string of the molecule is CCCn1c(-c2ncc(S(=O)(=O)N[C@@H](C)C3CC3)cn2)c(C#N)c2ccc(OCCCCCCCCCC(F)F)cc21. The quantitative estimate of drug-likeness (QED) is 0.154. The van der Waals surface area contributed by atoms with Crippen molar-refractivity contribution >= 4 is 20.9 Å². The van der Waals surface area contributed by atoms with E-state index in [-0.39, 0.29) is 17.4 Å². The highest BCUT2D eigenvalue weighted by atomic mass is 32.2. The number of unbranched alkanes of at least 4 members (excludes halogenated alkanes) is 6. The molecule has 1 fully saturated rings. The fraction of sp³-hybridized carbons (Fsp3) is 0.581. The molecule has 0 bridgehead atoms. The van der Waals surface area contributed by atoms with Crippen molar-refractivity contribution in [2.75, 3.05) is 6.61 Å². The summed E-state index contributed by atoms with van der Waals surface area (Å²) in [5, 5.41) is 10.9. The lowest BCUT2D eigenvalue weighted by Crippen LogP contribution is -2.34. The van der Waals surface area contributed by atoms with E-state index >= 15 is 0 Å². The van der Waals surface area contributed by atoms with Crippen molar-refractivity contribution in [1.29, 1.82) is 5.26 Å². The summed E-state index contributed by atoms with van der Waals surface area (Å²) in [6.45, 7) is 5.11. The number of fused-ring (bicyclic) bond motifs is 1. The van der Waals surface area contributed by atoms with Gasteiger partial charge in [0, 0.05) is 30.5 Å². The molecule has 11 heteroatoms. The van der Waals surface area contributed by atoms with E-state index in [1.165, 1.54) is 12.4 Å². The number of hydrogen-bond acceptors (Lipinski definition) is 6. The molecule has 8 nitrogen and oxygen atoms in total. The summed E-state index contributed by atoms with van der Waals surface area (Å²) in [5.41, 5.74) is 1.84. The molecule has 0 amide bonds. The van der Waals surface area contributed by atoms with Gasteiger partial charge in [-0.05, 0) is 57.1 Å². The highest BCUT2D eigenvalue weighted by Crippen LogP contribution is 2.35. The summed E-state index contributed by atoms with van der Waals surface area (Å²) in [6.07, 6.45) is 9.73. The third-order valence-corrected chi connectivity index (χ3v) is 9.26. The van der Waals surface area contributed by atoms with Gasteiger partial charge in [0.05, 0.1) is 30.1 Å². The number of aryl methyl sites for hydroxylation is 1. The van der Waals surface area contributed by atoms with Crippen molar-refractivity contribution < 1.29 is 21.9 Å². The molecule has 0 aliphatic heterocycles. The van der Waals surface area contributed by atoms with Crippen LogP contribution >= 0.6 is 0 Å². The smallest absolute Gasteiger partial charge is 0.243 e. The number of sulfonamides is 1. The molecule has 2 heterocycles. The average molecular weight is 602 g/mol. The van der Waals surface area contributed by atoms with Crippen LogP contribution in [0.1, 0.15) is 90.0 Å². The molecule has 1 aliphatic rings. The third kappa shape index (κ3) is 8.26. The van der Waals surface area contributed by atoms with Crippen molar-refractivity contribution in [3.05, 3.63) is 36.2 Å². The molecule has 1 N–H and O–H groups in total. The normalized spacial score (nSPS) is 14.4. The lowest BCUT2D eigenvalue weighted by molar-refractivity contribution is 0.133. The van der Waals surface area contributed by atoms with Crippen LogP contribution in [0.2, 0.25) is 0 Å². The van der Waals surface area contributed by atoms with Gasteiger partial charge in [-0.1, -0.05) is 39.0 Å². The van der Waals surface area contributed by atoms with Crippen LogP contribution in [0.15, 0.2) is 35.5 Å². The number of rotatable bonds is 18. The van der Waals surface area contributed by atoms with E-state index in [0.717, 1.165) is 68.7 Å². The molecule has 2 aromatic heterocycles. The summed E-state index contributed by atoms with van der Waals surface area (Å²) in [5.74, 6) is 1.38. The second-order valence-electron chi connectivity index (χ2n) is 11.2. The van der Waals surface area contributed by atoms with Crippen LogP contribution in [-0.4, -0.2) is 42.0 Å². The number of nitriles is 1. The highest BCUT2D eigenvalue weighted by Gasteiger charge is 2.31. The molecule has 3 aromatic rings. The van der Waals surface area contributed by atoms with Crippen molar-refractivity contribution in [3.63, 3.8) is 0 Å². The van der Waals surface area contributed by atoms with E-state index in [2.05, 4.69) is 20.8 Å². The summed E-state index contributed by atoms with van der Waals surface area (Å²) in [6, 6.07) is 7.83. The topological polar surface area (TPSA) is 110 Å². The van der Waals surface area contributed by atoms with Crippen LogP contribution in [0.25, 0.3) is 22.4 Å². The Morgan fingerprint density at radius 1 is 1.10 bits per heavy atom. The zero-order valence-electron chi connectivity index (χ0n) is 24.5. The number of nitrogens with one attached hydrogen (secondary N) is 1. The minimum atomic E-state index is -3.74. The van der Waals surface area contributed by atoms with Gasteiger partial charge in [-0.25, -0.2) is 31.9 Å². The molecule has 1 aliphatic carbocycles. The van der Waals surface area contributed by atoms with Gasteiger partial charge in [0.2, 0.25) is 16.4 Å². The maximum absolute atomic E-state index is 12.8. The summed E-state index contributed by atoms with van der Waals surface area (Å²) in [7, 11) is -3.74. The fourth-order valence-electron chi connectivity index (χ4n) is 5.28. The maximum Gasteiger partial charge on any atom is 0.243 e. The zero-order chi connectivity index (χ0) is 30.1. The van der Waals surface area contributed by atoms with Crippen LogP contribution < -0.4 is 9.46 Å². The number of benzene rings is 1. The lowest BCUT2D eigenvalue weighted by atomic mass is 10.1. The first-order valence-electron chi connectivity index (χ1n) is 15.1. The van der Waals surface area contributed by atoms with Crippen molar-refractivity contribution in [2.45, 2.75) is 108 Å². The predicted molar refractivity (Wildman–Crippen MR) is 159 cm³/mol. The average Bonchev–Trinajstić information content (AvgIpc) is 3.78. The van der Waals surface area contributed by atoms with Crippen LogP contribution in [0.3, 0.4) is 0 Å². The monoisotopic (exact) mass is 601 g/mol. The molecule has 42 heavy (non-hydrogen) atoms. The molecule has 1 saturated carbocycles. The van der Waals surface area contributed by atoms with Gasteiger partial charge in [0.15, 0.2) is 5.82 Å². The summed E-state index contributed by atoms with van der Waals surface area (Å²) < 4.78 is 60.8. The Morgan fingerprint density at radius 2 is 1.76 bits per heavy atom. The van der Waals surface area contributed by atoms with Crippen molar-refractivity contribution in [2.24, 2.45) is 5.92 Å². The number of hydrogen-bond donors (Lipinski definition) is 1. The van der Waals surface area contributed by atoms with E-state index in [4.69, 9.17) is 4.74 Å². The van der Waals surface area contributed by atoms with Crippen LogP contribution in [0, 0.1) is 17.2 Å².